The highest BCUT2D eigenvalue weighted by atomic mass is 15.2. The average molecular weight is 248 g/mol. The van der Waals surface area contributed by atoms with Crippen molar-refractivity contribution in [3.63, 3.8) is 0 Å². The molecule has 18 heavy (non-hydrogen) atoms. The van der Waals surface area contributed by atoms with Gasteiger partial charge in [-0.1, -0.05) is 0 Å². The van der Waals surface area contributed by atoms with Gasteiger partial charge in [-0.2, -0.15) is 0 Å². The third-order valence-corrected chi connectivity index (χ3v) is 3.81. The molecule has 0 aliphatic carbocycles. The summed E-state index contributed by atoms with van der Waals surface area (Å²) in [5, 5.41) is 6.82. The van der Waals surface area contributed by atoms with E-state index in [9.17, 15) is 0 Å². The van der Waals surface area contributed by atoms with Crippen molar-refractivity contribution in [3.8, 4) is 0 Å². The van der Waals surface area contributed by atoms with Gasteiger partial charge in [0.2, 0.25) is 0 Å². The van der Waals surface area contributed by atoms with Crippen LogP contribution in [-0.2, 0) is 0 Å². The van der Waals surface area contributed by atoms with Gasteiger partial charge in [0.25, 0.3) is 0 Å². The summed E-state index contributed by atoms with van der Waals surface area (Å²) >= 11 is 0. The monoisotopic (exact) mass is 248 g/mol. The molecular weight excluding hydrogens is 224 g/mol. The van der Waals surface area contributed by atoms with E-state index in [1.165, 1.54) is 5.56 Å². The normalized spacial score (nSPS) is 20.6. The largest absolute Gasteiger partial charge is 0.314 e. The Morgan fingerprint density at radius 2 is 2.00 bits per heavy atom. The maximum absolute atomic E-state index is 4.08. The molecule has 2 atom stereocenters. The number of nitrogens with zero attached hydrogens (tertiary/aromatic N) is 2. The molecule has 1 aliphatic rings. The number of aromatic nitrogens is 1. The topological polar surface area (TPSA) is 40.2 Å². The van der Waals surface area contributed by atoms with Crippen LogP contribution in [0.3, 0.4) is 0 Å². The first-order valence-corrected chi connectivity index (χ1v) is 6.83. The number of hydrogen-bond donors (Lipinski definition) is 2. The molecule has 0 amide bonds. The molecule has 1 aliphatic heterocycles. The second kappa shape index (κ2) is 6.83. The number of nitrogens with one attached hydrogen (secondary N) is 2. The van der Waals surface area contributed by atoms with Crippen molar-refractivity contribution in [1.29, 1.82) is 0 Å². The molecule has 0 saturated carbocycles. The minimum atomic E-state index is 0.415. The number of piperazine rings is 1. The molecule has 2 rings (SSSR count). The highest BCUT2D eigenvalue weighted by molar-refractivity contribution is 5.15. The summed E-state index contributed by atoms with van der Waals surface area (Å²) in [6.45, 7) is 6.88. The average Bonchev–Trinajstić information content (AvgIpc) is 2.46. The number of hydrogen-bond acceptors (Lipinski definition) is 4. The van der Waals surface area contributed by atoms with Gasteiger partial charge in [-0.25, -0.2) is 0 Å². The molecule has 4 nitrogen and oxygen atoms in total. The molecule has 2 heterocycles. The lowest BCUT2D eigenvalue weighted by Gasteiger charge is -2.34. The molecule has 2 N–H and O–H groups in total. The van der Waals surface area contributed by atoms with Crippen LogP contribution in [-0.4, -0.2) is 49.2 Å². The Hall–Kier alpha value is -0.970. The zero-order valence-corrected chi connectivity index (χ0v) is 11.4. The molecule has 0 aromatic carbocycles. The fourth-order valence-corrected chi connectivity index (χ4v) is 2.63. The van der Waals surface area contributed by atoms with Crippen LogP contribution in [0.1, 0.15) is 24.9 Å². The second-order valence-corrected chi connectivity index (χ2v) is 4.99. The van der Waals surface area contributed by atoms with E-state index in [0.717, 1.165) is 32.6 Å². The molecule has 1 aromatic heterocycles. The second-order valence-electron chi connectivity index (χ2n) is 4.99. The molecule has 100 valence electrons. The van der Waals surface area contributed by atoms with Crippen molar-refractivity contribution in [2.24, 2.45) is 0 Å². The van der Waals surface area contributed by atoms with Crippen LogP contribution in [0.4, 0.5) is 0 Å². The first-order chi connectivity index (χ1) is 8.81. The van der Waals surface area contributed by atoms with Crippen LogP contribution in [0.2, 0.25) is 0 Å². The van der Waals surface area contributed by atoms with E-state index < -0.39 is 0 Å². The third kappa shape index (κ3) is 3.51. The first-order valence-electron chi connectivity index (χ1n) is 6.83. The lowest BCUT2D eigenvalue weighted by Crippen LogP contribution is -2.48. The summed E-state index contributed by atoms with van der Waals surface area (Å²) in [6, 6.07) is 5.23. The molecule has 0 bridgehead atoms. The van der Waals surface area contributed by atoms with Gasteiger partial charge in [0.05, 0.1) is 0 Å². The minimum Gasteiger partial charge on any atom is -0.314 e. The summed E-state index contributed by atoms with van der Waals surface area (Å²) in [7, 11) is 2.04. The van der Waals surface area contributed by atoms with Crippen LogP contribution in [0.15, 0.2) is 24.5 Å². The van der Waals surface area contributed by atoms with Crippen molar-refractivity contribution < 1.29 is 0 Å². The van der Waals surface area contributed by atoms with E-state index in [2.05, 4.69) is 39.6 Å². The summed E-state index contributed by atoms with van der Waals surface area (Å²) in [5.74, 6) is 0. The Balaban J connectivity index is 1.93. The summed E-state index contributed by atoms with van der Waals surface area (Å²) in [6.07, 6.45) is 4.88. The molecular formula is C14H24N4. The van der Waals surface area contributed by atoms with Crippen LogP contribution in [0, 0.1) is 0 Å². The summed E-state index contributed by atoms with van der Waals surface area (Å²) in [5.41, 5.74) is 1.33. The van der Waals surface area contributed by atoms with Crippen molar-refractivity contribution in [3.05, 3.63) is 30.1 Å². The van der Waals surface area contributed by atoms with Gasteiger partial charge in [-0.3, -0.25) is 9.88 Å². The van der Waals surface area contributed by atoms with Crippen molar-refractivity contribution >= 4 is 0 Å². The van der Waals surface area contributed by atoms with Crippen molar-refractivity contribution in [1.82, 2.24) is 20.5 Å². The summed E-state index contributed by atoms with van der Waals surface area (Å²) < 4.78 is 0. The van der Waals surface area contributed by atoms with Crippen LogP contribution in [0.25, 0.3) is 0 Å². The summed E-state index contributed by atoms with van der Waals surface area (Å²) in [4.78, 5) is 6.66. The van der Waals surface area contributed by atoms with Crippen molar-refractivity contribution in [2.45, 2.75) is 25.4 Å². The molecule has 1 fully saturated rings. The quantitative estimate of drug-likeness (QED) is 0.816. The maximum atomic E-state index is 4.08. The van der Waals surface area contributed by atoms with E-state index in [0.29, 0.717) is 12.1 Å². The molecule has 1 saturated heterocycles. The van der Waals surface area contributed by atoms with E-state index in [1.807, 2.05) is 19.4 Å². The SMILES string of the molecule is CNC(CC(C)N1CCNCC1)c1ccncc1. The van der Waals surface area contributed by atoms with Gasteiger partial charge >= 0.3 is 0 Å². The van der Waals surface area contributed by atoms with E-state index in [1.54, 1.807) is 0 Å². The van der Waals surface area contributed by atoms with E-state index in [4.69, 9.17) is 0 Å². The molecule has 1 aromatic rings. The first kappa shape index (κ1) is 13.5. The van der Waals surface area contributed by atoms with Gasteiger partial charge in [-0.05, 0) is 38.1 Å². The fraction of sp³-hybridized carbons (Fsp3) is 0.643. The maximum Gasteiger partial charge on any atom is 0.0333 e. The van der Waals surface area contributed by atoms with E-state index >= 15 is 0 Å². The Bertz CT molecular complexity index is 335. The lowest BCUT2D eigenvalue weighted by atomic mass is 10.00. The predicted molar refractivity (Wildman–Crippen MR) is 74.6 cm³/mol. The Kier molecular flexibility index (Phi) is 5.11. The van der Waals surface area contributed by atoms with Gasteiger partial charge in [0.1, 0.15) is 0 Å². The highest BCUT2D eigenvalue weighted by Gasteiger charge is 2.20. The van der Waals surface area contributed by atoms with Gasteiger partial charge in [0.15, 0.2) is 0 Å². The van der Waals surface area contributed by atoms with Gasteiger partial charge in [-0.15, -0.1) is 0 Å². The lowest BCUT2D eigenvalue weighted by molar-refractivity contribution is 0.167. The zero-order chi connectivity index (χ0) is 12.8. The standard InChI is InChI=1S/C14H24N4/c1-12(18-9-7-17-8-10-18)11-14(15-2)13-3-5-16-6-4-13/h3-6,12,14-15,17H,7-11H2,1-2H3. The smallest absolute Gasteiger partial charge is 0.0333 e. The number of pyridine rings is 1. The zero-order valence-electron chi connectivity index (χ0n) is 11.4. The van der Waals surface area contributed by atoms with Gasteiger partial charge < -0.3 is 10.6 Å². The van der Waals surface area contributed by atoms with Crippen LogP contribution in [0.5, 0.6) is 0 Å². The Morgan fingerprint density at radius 3 is 2.61 bits per heavy atom. The highest BCUT2D eigenvalue weighted by Crippen LogP contribution is 2.20. The Labute approximate surface area is 110 Å². The predicted octanol–water partition coefficient (Wildman–Crippen LogP) is 1.03. The molecule has 0 radical (unpaired) electrons. The Morgan fingerprint density at radius 1 is 1.33 bits per heavy atom. The van der Waals surface area contributed by atoms with Crippen LogP contribution >= 0.6 is 0 Å². The van der Waals surface area contributed by atoms with Gasteiger partial charge in [0, 0.05) is 50.7 Å². The number of rotatable bonds is 5. The van der Waals surface area contributed by atoms with Crippen molar-refractivity contribution in [2.75, 3.05) is 33.2 Å². The fourth-order valence-electron chi connectivity index (χ4n) is 2.63. The third-order valence-electron chi connectivity index (χ3n) is 3.81. The van der Waals surface area contributed by atoms with Crippen LogP contribution < -0.4 is 10.6 Å². The molecule has 4 heteroatoms. The van der Waals surface area contributed by atoms with E-state index in [-0.39, 0.29) is 0 Å². The minimum absolute atomic E-state index is 0.415. The molecule has 2 unspecified atom stereocenters. The molecule has 0 spiro atoms.